The van der Waals surface area contributed by atoms with Crippen LogP contribution in [-0.2, 0) is 0 Å². The molecule has 0 unspecified atom stereocenters. The van der Waals surface area contributed by atoms with Crippen LogP contribution >= 0.6 is 22.6 Å². The standard InChI is InChI=1S/C39H26IN3/c40-33-25-38(31-21-34(27-13-5-1-6-14-27)41-35(22-31)28-15-7-2-8-16-28)43-39(26-33)32-23-36(29-17-9-3-10-18-29)42-37(24-32)30-19-11-4-12-20-30/h1-26H. The lowest BCUT2D eigenvalue weighted by Crippen LogP contribution is -1.96. The van der Waals surface area contributed by atoms with Gasteiger partial charge < -0.3 is 0 Å². The average molecular weight is 664 g/mol. The van der Waals surface area contributed by atoms with Crippen molar-refractivity contribution in [3.63, 3.8) is 0 Å². The molecule has 0 radical (unpaired) electrons. The third-order valence-electron chi connectivity index (χ3n) is 7.31. The van der Waals surface area contributed by atoms with Gasteiger partial charge in [0.15, 0.2) is 0 Å². The maximum absolute atomic E-state index is 5.25. The highest BCUT2D eigenvalue weighted by Crippen LogP contribution is 2.34. The molecule has 43 heavy (non-hydrogen) atoms. The Morgan fingerprint density at radius 1 is 0.279 bits per heavy atom. The Morgan fingerprint density at radius 3 is 0.767 bits per heavy atom. The molecule has 0 aliphatic heterocycles. The predicted octanol–water partition coefficient (Wildman–Crippen LogP) is 10.5. The largest absolute Gasteiger partial charge is 0.248 e. The van der Waals surface area contributed by atoms with Gasteiger partial charge in [-0.05, 0) is 59.0 Å². The smallest absolute Gasteiger partial charge is 0.0721 e. The summed E-state index contributed by atoms with van der Waals surface area (Å²) >= 11 is 2.39. The van der Waals surface area contributed by atoms with E-state index >= 15 is 0 Å². The predicted molar refractivity (Wildman–Crippen MR) is 185 cm³/mol. The zero-order valence-electron chi connectivity index (χ0n) is 23.2. The molecule has 0 saturated heterocycles. The van der Waals surface area contributed by atoms with E-state index in [0.717, 1.165) is 71.1 Å². The fourth-order valence-electron chi connectivity index (χ4n) is 5.18. The quantitative estimate of drug-likeness (QED) is 0.166. The molecule has 0 N–H and O–H groups in total. The minimum absolute atomic E-state index is 0.901. The highest BCUT2D eigenvalue weighted by atomic mass is 127. The van der Waals surface area contributed by atoms with Gasteiger partial charge in [-0.3, -0.25) is 0 Å². The third-order valence-corrected chi connectivity index (χ3v) is 7.93. The Labute approximate surface area is 265 Å². The topological polar surface area (TPSA) is 38.7 Å². The van der Waals surface area contributed by atoms with Crippen LogP contribution in [0.4, 0.5) is 0 Å². The second-order valence-electron chi connectivity index (χ2n) is 10.3. The van der Waals surface area contributed by atoms with Crippen molar-refractivity contribution in [2.24, 2.45) is 0 Å². The summed E-state index contributed by atoms with van der Waals surface area (Å²) in [5.74, 6) is 0. The van der Waals surface area contributed by atoms with Gasteiger partial charge in [0.05, 0.1) is 34.2 Å². The molecule has 0 aliphatic carbocycles. The summed E-state index contributed by atoms with van der Waals surface area (Å²) < 4.78 is 1.11. The molecule has 0 fully saturated rings. The number of hydrogen-bond donors (Lipinski definition) is 0. The highest BCUT2D eigenvalue weighted by molar-refractivity contribution is 14.1. The number of halogens is 1. The lowest BCUT2D eigenvalue weighted by molar-refractivity contribution is 1.27. The zero-order chi connectivity index (χ0) is 29.0. The number of rotatable bonds is 6. The fraction of sp³-hybridized carbons (Fsp3) is 0. The first kappa shape index (κ1) is 26.9. The van der Waals surface area contributed by atoms with Crippen LogP contribution in [0.2, 0.25) is 0 Å². The summed E-state index contributed by atoms with van der Waals surface area (Å²) in [6.45, 7) is 0. The molecule has 7 aromatic rings. The second-order valence-corrected chi connectivity index (χ2v) is 11.5. The van der Waals surface area contributed by atoms with Crippen LogP contribution in [0.5, 0.6) is 0 Å². The molecular weight excluding hydrogens is 637 g/mol. The first-order chi connectivity index (χ1) is 21.2. The van der Waals surface area contributed by atoms with Gasteiger partial charge in [-0.15, -0.1) is 0 Å². The van der Waals surface area contributed by atoms with E-state index < -0.39 is 0 Å². The van der Waals surface area contributed by atoms with E-state index in [-0.39, 0.29) is 0 Å². The monoisotopic (exact) mass is 663 g/mol. The summed E-state index contributed by atoms with van der Waals surface area (Å²) in [6.07, 6.45) is 0. The molecule has 4 heteroatoms. The van der Waals surface area contributed by atoms with E-state index in [2.05, 4.69) is 108 Å². The van der Waals surface area contributed by atoms with Crippen molar-refractivity contribution in [1.29, 1.82) is 0 Å². The van der Waals surface area contributed by atoms with Crippen LogP contribution in [0.1, 0.15) is 0 Å². The van der Waals surface area contributed by atoms with Crippen molar-refractivity contribution < 1.29 is 0 Å². The first-order valence-electron chi connectivity index (χ1n) is 14.1. The fourth-order valence-corrected chi connectivity index (χ4v) is 5.77. The van der Waals surface area contributed by atoms with Crippen molar-refractivity contribution in [2.75, 3.05) is 0 Å². The molecule has 0 bridgehead atoms. The van der Waals surface area contributed by atoms with Crippen molar-refractivity contribution in [3.05, 3.63) is 161 Å². The molecule has 4 aromatic carbocycles. The Bertz CT molecular complexity index is 1750. The van der Waals surface area contributed by atoms with E-state index in [4.69, 9.17) is 15.0 Å². The maximum atomic E-state index is 5.25. The van der Waals surface area contributed by atoms with Crippen LogP contribution in [0.25, 0.3) is 67.5 Å². The molecule has 0 amide bonds. The second kappa shape index (κ2) is 12.1. The van der Waals surface area contributed by atoms with E-state index in [1.54, 1.807) is 0 Å². The molecular formula is C39H26IN3. The Hall–Kier alpha value is -4.94. The lowest BCUT2D eigenvalue weighted by atomic mass is 10.0. The molecule has 0 aliphatic rings. The number of aromatic nitrogens is 3. The van der Waals surface area contributed by atoms with Crippen LogP contribution in [0.15, 0.2) is 158 Å². The van der Waals surface area contributed by atoms with Gasteiger partial charge in [0.25, 0.3) is 0 Å². The molecule has 3 nitrogen and oxygen atoms in total. The van der Waals surface area contributed by atoms with Gasteiger partial charge in [0.2, 0.25) is 0 Å². The molecule has 3 heterocycles. The molecule has 204 valence electrons. The van der Waals surface area contributed by atoms with Crippen molar-refractivity contribution >= 4 is 22.6 Å². The first-order valence-corrected chi connectivity index (χ1v) is 15.2. The Balaban J connectivity index is 1.40. The Morgan fingerprint density at radius 2 is 0.512 bits per heavy atom. The maximum Gasteiger partial charge on any atom is 0.0721 e. The molecule has 7 rings (SSSR count). The summed E-state index contributed by atoms with van der Waals surface area (Å²) in [5.41, 5.74) is 11.8. The minimum atomic E-state index is 0.901. The van der Waals surface area contributed by atoms with E-state index in [0.29, 0.717) is 0 Å². The van der Waals surface area contributed by atoms with Gasteiger partial charge >= 0.3 is 0 Å². The van der Waals surface area contributed by atoms with E-state index in [1.807, 2.05) is 72.8 Å². The lowest BCUT2D eigenvalue weighted by Gasteiger charge is -2.13. The zero-order valence-corrected chi connectivity index (χ0v) is 25.4. The van der Waals surface area contributed by atoms with E-state index in [1.165, 1.54) is 0 Å². The number of nitrogens with zero attached hydrogens (tertiary/aromatic N) is 3. The SMILES string of the molecule is Ic1cc(-c2cc(-c3ccccc3)nc(-c3ccccc3)c2)nc(-c2cc(-c3ccccc3)nc(-c3ccccc3)c2)c1. The average Bonchev–Trinajstić information content (AvgIpc) is 3.09. The molecule has 0 atom stereocenters. The normalized spacial score (nSPS) is 10.9. The van der Waals surface area contributed by atoms with Crippen molar-refractivity contribution in [3.8, 4) is 67.5 Å². The van der Waals surface area contributed by atoms with Crippen molar-refractivity contribution in [2.45, 2.75) is 0 Å². The number of hydrogen-bond acceptors (Lipinski definition) is 3. The number of benzene rings is 4. The summed E-state index contributed by atoms with van der Waals surface area (Å²) in [7, 11) is 0. The van der Waals surface area contributed by atoms with Gasteiger partial charge in [-0.2, -0.15) is 0 Å². The molecule has 0 spiro atoms. The Kier molecular flexibility index (Phi) is 7.59. The number of pyridine rings is 3. The highest BCUT2D eigenvalue weighted by Gasteiger charge is 2.14. The van der Waals surface area contributed by atoms with Crippen molar-refractivity contribution in [1.82, 2.24) is 15.0 Å². The molecule has 3 aromatic heterocycles. The third kappa shape index (κ3) is 6.01. The van der Waals surface area contributed by atoms with E-state index in [9.17, 15) is 0 Å². The van der Waals surface area contributed by atoms with Gasteiger partial charge in [-0.1, -0.05) is 121 Å². The van der Waals surface area contributed by atoms with Crippen LogP contribution in [-0.4, -0.2) is 15.0 Å². The van der Waals surface area contributed by atoms with Gasteiger partial charge in [0.1, 0.15) is 0 Å². The summed E-state index contributed by atoms with van der Waals surface area (Å²) in [6, 6.07) is 54.1. The summed E-state index contributed by atoms with van der Waals surface area (Å²) in [5, 5.41) is 0. The van der Waals surface area contributed by atoms with Gasteiger partial charge in [0, 0.05) is 37.0 Å². The molecule has 0 saturated carbocycles. The summed E-state index contributed by atoms with van der Waals surface area (Å²) in [4.78, 5) is 15.4. The minimum Gasteiger partial charge on any atom is -0.248 e. The van der Waals surface area contributed by atoms with Gasteiger partial charge in [-0.25, -0.2) is 15.0 Å². The van der Waals surface area contributed by atoms with Crippen LogP contribution < -0.4 is 0 Å². The van der Waals surface area contributed by atoms with Crippen LogP contribution in [0, 0.1) is 3.57 Å². The van der Waals surface area contributed by atoms with Crippen LogP contribution in [0.3, 0.4) is 0 Å².